The highest BCUT2D eigenvalue weighted by Gasteiger charge is 2.20. The van der Waals surface area contributed by atoms with Gasteiger partial charge in [-0.25, -0.2) is 0 Å². The summed E-state index contributed by atoms with van der Waals surface area (Å²) in [5, 5.41) is 3.19. The Bertz CT molecular complexity index is 1190. The van der Waals surface area contributed by atoms with Gasteiger partial charge in [0.1, 0.15) is 5.75 Å². The summed E-state index contributed by atoms with van der Waals surface area (Å²) in [4.78, 5) is 15.6. The number of fused-ring (bicyclic) bond motifs is 1. The molecule has 186 valence electrons. The van der Waals surface area contributed by atoms with Gasteiger partial charge in [0.15, 0.2) is 0 Å². The first-order valence-electron chi connectivity index (χ1n) is 13.2. The normalized spacial score (nSPS) is 16.4. The number of ether oxygens (including phenoxy) is 1. The van der Waals surface area contributed by atoms with E-state index in [-0.39, 0.29) is 5.91 Å². The second-order valence-electron chi connectivity index (χ2n) is 10.1. The lowest BCUT2D eigenvalue weighted by molar-refractivity contribution is -0.117. The van der Waals surface area contributed by atoms with Crippen molar-refractivity contribution in [3.63, 3.8) is 0 Å². The predicted molar refractivity (Wildman–Crippen MR) is 147 cm³/mol. The summed E-state index contributed by atoms with van der Waals surface area (Å²) in [6.45, 7) is 6.66. The third-order valence-electron chi connectivity index (χ3n) is 7.44. The lowest BCUT2D eigenvalue weighted by atomic mass is 9.93. The van der Waals surface area contributed by atoms with Crippen LogP contribution in [0.4, 0.5) is 0 Å². The largest absolute Gasteiger partial charge is 0.493 e. The number of hydrogen-bond donors (Lipinski definition) is 1. The Hall–Kier alpha value is -3.37. The molecule has 0 saturated carbocycles. The van der Waals surface area contributed by atoms with E-state index in [1.807, 2.05) is 12.1 Å². The van der Waals surface area contributed by atoms with E-state index in [1.165, 1.54) is 29.5 Å². The van der Waals surface area contributed by atoms with Crippen molar-refractivity contribution in [1.29, 1.82) is 0 Å². The zero-order valence-electron chi connectivity index (χ0n) is 21.2. The molecule has 1 amide bonds. The number of nitrogens with zero attached hydrogens (tertiary/aromatic N) is 1. The molecule has 3 aromatic carbocycles. The fourth-order valence-corrected chi connectivity index (χ4v) is 5.21. The Labute approximate surface area is 215 Å². The SMILES string of the molecule is Cc1ccc(-c2ccc3c(c2)C=C(C(=O)NCCC2CCN(Cc4ccccc4)CC2)CCO3)cc1. The summed E-state index contributed by atoms with van der Waals surface area (Å²) in [7, 11) is 0. The molecule has 2 aliphatic rings. The second-order valence-corrected chi connectivity index (χ2v) is 10.1. The Morgan fingerprint density at radius 2 is 1.72 bits per heavy atom. The summed E-state index contributed by atoms with van der Waals surface area (Å²) < 4.78 is 5.95. The van der Waals surface area contributed by atoms with Crippen LogP contribution in [-0.4, -0.2) is 37.0 Å². The van der Waals surface area contributed by atoms with Crippen molar-refractivity contribution in [2.24, 2.45) is 5.92 Å². The number of rotatable bonds is 7. The van der Waals surface area contributed by atoms with Gasteiger partial charge in [-0.2, -0.15) is 0 Å². The molecule has 0 aliphatic carbocycles. The predicted octanol–water partition coefficient (Wildman–Crippen LogP) is 6.25. The molecule has 2 aliphatic heterocycles. The van der Waals surface area contributed by atoms with Gasteiger partial charge in [-0.05, 0) is 80.1 Å². The van der Waals surface area contributed by atoms with Gasteiger partial charge in [0, 0.05) is 30.6 Å². The van der Waals surface area contributed by atoms with Crippen LogP contribution < -0.4 is 10.1 Å². The molecule has 0 spiro atoms. The van der Waals surface area contributed by atoms with Crippen molar-refractivity contribution in [2.75, 3.05) is 26.2 Å². The Morgan fingerprint density at radius 1 is 0.972 bits per heavy atom. The zero-order valence-corrected chi connectivity index (χ0v) is 21.2. The average Bonchev–Trinajstić information content (AvgIpc) is 3.13. The van der Waals surface area contributed by atoms with E-state index in [1.54, 1.807) is 0 Å². The minimum atomic E-state index is 0.0358. The monoisotopic (exact) mass is 480 g/mol. The van der Waals surface area contributed by atoms with Crippen molar-refractivity contribution in [3.05, 3.63) is 95.1 Å². The maximum Gasteiger partial charge on any atom is 0.247 e. The number of piperidine rings is 1. The van der Waals surface area contributed by atoms with E-state index in [2.05, 4.69) is 83.9 Å². The number of amides is 1. The van der Waals surface area contributed by atoms with Crippen LogP contribution in [0.3, 0.4) is 0 Å². The van der Waals surface area contributed by atoms with Crippen molar-refractivity contribution in [2.45, 2.75) is 39.2 Å². The molecule has 0 atom stereocenters. The molecule has 3 aromatic rings. The standard InChI is InChI=1S/C32H36N2O2/c1-24-7-9-27(10-8-24)28-11-12-31-30(21-28)22-29(16-20-36-31)32(35)33-17-13-25-14-18-34(19-15-25)23-26-5-3-2-4-6-26/h2-12,21-22,25H,13-20,23H2,1H3,(H,33,35). The molecule has 0 radical (unpaired) electrons. The number of hydrogen-bond acceptors (Lipinski definition) is 3. The van der Waals surface area contributed by atoms with Crippen molar-refractivity contribution < 1.29 is 9.53 Å². The van der Waals surface area contributed by atoms with Gasteiger partial charge in [-0.3, -0.25) is 9.69 Å². The highest BCUT2D eigenvalue weighted by atomic mass is 16.5. The summed E-state index contributed by atoms with van der Waals surface area (Å²) in [5.41, 5.74) is 6.70. The van der Waals surface area contributed by atoms with Crippen LogP contribution in [0.15, 0.2) is 78.4 Å². The molecule has 5 rings (SSSR count). The molecule has 4 nitrogen and oxygen atoms in total. The first-order chi connectivity index (χ1) is 17.6. The fourth-order valence-electron chi connectivity index (χ4n) is 5.21. The number of benzene rings is 3. The van der Waals surface area contributed by atoms with E-state index in [4.69, 9.17) is 4.74 Å². The van der Waals surface area contributed by atoms with Crippen molar-refractivity contribution in [1.82, 2.24) is 10.2 Å². The molecule has 0 unspecified atom stereocenters. The molecule has 36 heavy (non-hydrogen) atoms. The molecule has 0 aromatic heterocycles. The highest BCUT2D eigenvalue weighted by molar-refractivity contribution is 5.98. The lowest BCUT2D eigenvalue weighted by Gasteiger charge is -2.32. The van der Waals surface area contributed by atoms with Gasteiger partial charge in [-0.15, -0.1) is 0 Å². The second kappa shape index (κ2) is 11.6. The molecule has 1 fully saturated rings. The molecule has 1 N–H and O–H groups in total. The highest BCUT2D eigenvalue weighted by Crippen LogP contribution is 2.31. The van der Waals surface area contributed by atoms with Crippen LogP contribution in [0.1, 0.15) is 42.4 Å². The Balaban J connectivity index is 1.13. The van der Waals surface area contributed by atoms with Crippen LogP contribution in [0.5, 0.6) is 5.75 Å². The van der Waals surface area contributed by atoms with E-state index in [0.717, 1.165) is 55.0 Å². The number of carbonyl (C=O) groups is 1. The molecule has 1 saturated heterocycles. The number of aryl methyl sites for hydroxylation is 1. The van der Waals surface area contributed by atoms with Gasteiger partial charge in [0.05, 0.1) is 6.61 Å². The van der Waals surface area contributed by atoms with Crippen LogP contribution in [0.2, 0.25) is 0 Å². The summed E-state index contributed by atoms with van der Waals surface area (Å²) >= 11 is 0. The van der Waals surface area contributed by atoms with Gasteiger partial charge >= 0.3 is 0 Å². The Kier molecular flexibility index (Phi) is 7.82. The fraction of sp³-hybridized carbons (Fsp3) is 0.344. The van der Waals surface area contributed by atoms with Crippen molar-refractivity contribution >= 4 is 12.0 Å². The first kappa shape index (κ1) is 24.3. The smallest absolute Gasteiger partial charge is 0.247 e. The first-order valence-corrected chi connectivity index (χ1v) is 13.2. The van der Waals surface area contributed by atoms with Crippen LogP contribution in [-0.2, 0) is 11.3 Å². The molecule has 4 heteroatoms. The van der Waals surface area contributed by atoms with Gasteiger partial charge in [-0.1, -0.05) is 66.2 Å². The lowest BCUT2D eigenvalue weighted by Crippen LogP contribution is -2.35. The van der Waals surface area contributed by atoms with E-state index >= 15 is 0 Å². The zero-order chi connectivity index (χ0) is 24.7. The summed E-state index contributed by atoms with van der Waals surface area (Å²) in [6, 6.07) is 25.5. The minimum absolute atomic E-state index is 0.0358. The maximum atomic E-state index is 13.0. The van der Waals surface area contributed by atoms with Gasteiger partial charge in [0.25, 0.3) is 0 Å². The quantitative estimate of drug-likeness (QED) is 0.435. The summed E-state index contributed by atoms with van der Waals surface area (Å²) in [6.07, 6.45) is 6.08. The maximum absolute atomic E-state index is 13.0. The Morgan fingerprint density at radius 3 is 2.50 bits per heavy atom. The minimum Gasteiger partial charge on any atom is -0.493 e. The van der Waals surface area contributed by atoms with Crippen LogP contribution >= 0.6 is 0 Å². The van der Waals surface area contributed by atoms with E-state index in [0.29, 0.717) is 18.9 Å². The van der Waals surface area contributed by atoms with E-state index < -0.39 is 0 Å². The molecular formula is C32H36N2O2. The number of nitrogens with one attached hydrogen (secondary N) is 1. The topological polar surface area (TPSA) is 41.6 Å². The van der Waals surface area contributed by atoms with Crippen LogP contribution in [0, 0.1) is 12.8 Å². The molecular weight excluding hydrogens is 444 g/mol. The van der Waals surface area contributed by atoms with Gasteiger partial charge in [0.2, 0.25) is 5.91 Å². The molecule has 0 bridgehead atoms. The number of likely N-dealkylation sites (tertiary alicyclic amines) is 1. The third kappa shape index (κ3) is 6.24. The van der Waals surface area contributed by atoms with Crippen molar-refractivity contribution in [3.8, 4) is 16.9 Å². The average molecular weight is 481 g/mol. The van der Waals surface area contributed by atoms with E-state index in [9.17, 15) is 4.79 Å². The van der Waals surface area contributed by atoms with Gasteiger partial charge < -0.3 is 10.1 Å². The molecule has 2 heterocycles. The van der Waals surface area contributed by atoms with Crippen LogP contribution in [0.25, 0.3) is 17.2 Å². The third-order valence-corrected chi connectivity index (χ3v) is 7.44. The number of carbonyl (C=O) groups excluding carboxylic acids is 1. The summed E-state index contributed by atoms with van der Waals surface area (Å²) in [5.74, 6) is 1.56.